The molecule has 120 valence electrons. The molecule has 2 aromatic carbocycles. The average molecular weight is 321 g/mol. The molecule has 0 bridgehead atoms. The third kappa shape index (κ3) is 3.65. The van der Waals surface area contributed by atoms with Crippen LogP contribution in [0.25, 0.3) is 0 Å². The van der Waals surface area contributed by atoms with Gasteiger partial charge in [-0.05, 0) is 17.7 Å². The summed E-state index contributed by atoms with van der Waals surface area (Å²) in [6.45, 7) is 0.558. The SMILES string of the molecule is N#CC(=CNc1ccc2c(c1)OCO2)C(=O)NCc1ccccc1. The maximum atomic E-state index is 12.1. The van der Waals surface area contributed by atoms with Crippen LogP contribution < -0.4 is 20.1 Å². The molecule has 0 atom stereocenters. The first-order valence-electron chi connectivity index (χ1n) is 7.35. The van der Waals surface area contributed by atoms with Crippen LogP contribution in [-0.2, 0) is 11.3 Å². The second-order valence-electron chi connectivity index (χ2n) is 5.05. The summed E-state index contributed by atoms with van der Waals surface area (Å²) in [4.78, 5) is 12.1. The van der Waals surface area contributed by atoms with E-state index in [2.05, 4.69) is 10.6 Å². The Balaban J connectivity index is 1.61. The molecule has 6 nitrogen and oxygen atoms in total. The van der Waals surface area contributed by atoms with Gasteiger partial charge in [0.05, 0.1) is 0 Å². The number of carbonyl (C=O) groups is 1. The Bertz CT molecular complexity index is 810. The molecule has 0 aliphatic carbocycles. The number of nitrogens with one attached hydrogen (secondary N) is 2. The summed E-state index contributed by atoms with van der Waals surface area (Å²) in [6.07, 6.45) is 1.37. The summed E-state index contributed by atoms with van der Waals surface area (Å²) in [5.41, 5.74) is 1.65. The number of hydrogen-bond acceptors (Lipinski definition) is 5. The summed E-state index contributed by atoms with van der Waals surface area (Å²) in [7, 11) is 0. The Hall–Kier alpha value is -3.46. The number of carbonyl (C=O) groups excluding carboxylic acids is 1. The average Bonchev–Trinajstić information content (AvgIpc) is 3.09. The van der Waals surface area contributed by atoms with Crippen LogP contribution in [0.15, 0.2) is 60.3 Å². The van der Waals surface area contributed by atoms with Crippen LogP contribution in [0.3, 0.4) is 0 Å². The van der Waals surface area contributed by atoms with Crippen molar-refractivity contribution in [3.05, 3.63) is 65.9 Å². The van der Waals surface area contributed by atoms with Crippen LogP contribution in [0.5, 0.6) is 11.5 Å². The molecule has 2 aromatic rings. The van der Waals surface area contributed by atoms with Crippen molar-refractivity contribution < 1.29 is 14.3 Å². The van der Waals surface area contributed by atoms with Crippen molar-refractivity contribution in [1.29, 1.82) is 5.26 Å². The van der Waals surface area contributed by atoms with Crippen molar-refractivity contribution in [3.63, 3.8) is 0 Å². The van der Waals surface area contributed by atoms with Gasteiger partial charge in [0, 0.05) is 24.5 Å². The third-order valence-electron chi connectivity index (χ3n) is 3.42. The highest BCUT2D eigenvalue weighted by molar-refractivity contribution is 5.97. The minimum Gasteiger partial charge on any atom is -0.454 e. The van der Waals surface area contributed by atoms with Crippen molar-refractivity contribution in [1.82, 2.24) is 5.32 Å². The Morgan fingerprint density at radius 3 is 2.75 bits per heavy atom. The minimum absolute atomic E-state index is 0.0106. The van der Waals surface area contributed by atoms with Crippen LogP contribution in [0.2, 0.25) is 0 Å². The van der Waals surface area contributed by atoms with Crippen LogP contribution in [-0.4, -0.2) is 12.7 Å². The molecule has 1 aliphatic rings. The molecule has 2 N–H and O–H groups in total. The number of benzene rings is 2. The van der Waals surface area contributed by atoms with Gasteiger partial charge in [-0.25, -0.2) is 0 Å². The fourth-order valence-corrected chi connectivity index (χ4v) is 2.16. The van der Waals surface area contributed by atoms with E-state index in [0.717, 1.165) is 5.56 Å². The molecule has 3 rings (SSSR count). The Kier molecular flexibility index (Phi) is 4.63. The molecule has 0 aromatic heterocycles. The van der Waals surface area contributed by atoms with Crippen molar-refractivity contribution in [2.75, 3.05) is 12.1 Å². The number of hydrogen-bond donors (Lipinski definition) is 2. The van der Waals surface area contributed by atoms with Gasteiger partial charge in [-0.15, -0.1) is 0 Å². The summed E-state index contributed by atoms with van der Waals surface area (Å²) < 4.78 is 10.5. The molecular formula is C18H15N3O3. The third-order valence-corrected chi connectivity index (χ3v) is 3.42. The summed E-state index contributed by atoms with van der Waals surface area (Å²) in [6, 6.07) is 16.7. The Morgan fingerprint density at radius 2 is 1.96 bits per heavy atom. The maximum Gasteiger partial charge on any atom is 0.263 e. The lowest BCUT2D eigenvalue weighted by atomic mass is 10.2. The highest BCUT2D eigenvalue weighted by Crippen LogP contribution is 2.34. The molecule has 6 heteroatoms. The molecule has 0 spiro atoms. The predicted octanol–water partition coefficient (Wildman–Crippen LogP) is 2.55. The van der Waals surface area contributed by atoms with Crippen molar-refractivity contribution >= 4 is 11.6 Å². The molecule has 1 heterocycles. The molecule has 0 radical (unpaired) electrons. The van der Waals surface area contributed by atoms with Gasteiger partial charge in [-0.2, -0.15) is 5.26 Å². The number of nitriles is 1. The van der Waals surface area contributed by atoms with E-state index in [1.165, 1.54) is 6.20 Å². The van der Waals surface area contributed by atoms with Crippen LogP contribution in [0.1, 0.15) is 5.56 Å². The number of amides is 1. The van der Waals surface area contributed by atoms with Gasteiger partial charge >= 0.3 is 0 Å². The van der Waals surface area contributed by atoms with E-state index in [1.54, 1.807) is 18.2 Å². The smallest absolute Gasteiger partial charge is 0.263 e. The van der Waals surface area contributed by atoms with E-state index < -0.39 is 5.91 Å². The largest absolute Gasteiger partial charge is 0.454 e. The number of anilines is 1. The van der Waals surface area contributed by atoms with Gasteiger partial charge in [-0.3, -0.25) is 4.79 Å². The van der Waals surface area contributed by atoms with Gasteiger partial charge in [0.15, 0.2) is 11.5 Å². The lowest BCUT2D eigenvalue weighted by molar-refractivity contribution is -0.117. The van der Waals surface area contributed by atoms with Gasteiger partial charge in [0.2, 0.25) is 6.79 Å². The van der Waals surface area contributed by atoms with Crippen molar-refractivity contribution in [2.24, 2.45) is 0 Å². The first-order chi connectivity index (χ1) is 11.8. The number of fused-ring (bicyclic) bond motifs is 1. The molecule has 1 amide bonds. The van der Waals surface area contributed by atoms with Crippen molar-refractivity contribution in [2.45, 2.75) is 6.54 Å². The summed E-state index contributed by atoms with van der Waals surface area (Å²) in [5, 5.41) is 14.8. The first kappa shape index (κ1) is 15.4. The van der Waals surface area contributed by atoms with Gasteiger partial charge in [0.1, 0.15) is 11.6 Å². The van der Waals surface area contributed by atoms with E-state index in [0.29, 0.717) is 23.7 Å². The molecule has 0 saturated carbocycles. The van der Waals surface area contributed by atoms with E-state index in [9.17, 15) is 4.79 Å². The molecule has 0 saturated heterocycles. The second kappa shape index (κ2) is 7.20. The van der Waals surface area contributed by atoms with Crippen LogP contribution in [0, 0.1) is 11.3 Å². The minimum atomic E-state index is -0.436. The van der Waals surface area contributed by atoms with Crippen LogP contribution >= 0.6 is 0 Å². The second-order valence-corrected chi connectivity index (χ2v) is 5.05. The zero-order chi connectivity index (χ0) is 16.8. The highest BCUT2D eigenvalue weighted by atomic mass is 16.7. The summed E-state index contributed by atoms with van der Waals surface area (Å²) in [5.74, 6) is 0.862. The van der Waals surface area contributed by atoms with Crippen LogP contribution in [0.4, 0.5) is 5.69 Å². The van der Waals surface area contributed by atoms with E-state index in [4.69, 9.17) is 14.7 Å². The highest BCUT2D eigenvalue weighted by Gasteiger charge is 2.13. The van der Waals surface area contributed by atoms with E-state index >= 15 is 0 Å². The number of rotatable bonds is 5. The lowest BCUT2D eigenvalue weighted by Crippen LogP contribution is -2.24. The zero-order valence-corrected chi connectivity index (χ0v) is 12.8. The maximum absolute atomic E-state index is 12.1. The summed E-state index contributed by atoms with van der Waals surface area (Å²) >= 11 is 0. The molecule has 1 aliphatic heterocycles. The van der Waals surface area contributed by atoms with E-state index in [1.807, 2.05) is 36.4 Å². The van der Waals surface area contributed by atoms with Gasteiger partial charge in [0.25, 0.3) is 5.91 Å². The fourth-order valence-electron chi connectivity index (χ4n) is 2.16. The quantitative estimate of drug-likeness (QED) is 0.653. The van der Waals surface area contributed by atoms with E-state index in [-0.39, 0.29) is 12.4 Å². The lowest BCUT2D eigenvalue weighted by Gasteiger charge is -2.06. The first-order valence-corrected chi connectivity index (χ1v) is 7.35. The molecule has 0 fully saturated rings. The number of nitrogens with zero attached hydrogens (tertiary/aromatic N) is 1. The fraction of sp³-hybridized carbons (Fsp3) is 0.111. The topological polar surface area (TPSA) is 83.4 Å². The molecule has 0 unspecified atom stereocenters. The Morgan fingerprint density at radius 1 is 1.17 bits per heavy atom. The normalized spacial score (nSPS) is 12.4. The number of ether oxygens (including phenoxy) is 2. The van der Waals surface area contributed by atoms with Gasteiger partial charge < -0.3 is 20.1 Å². The predicted molar refractivity (Wildman–Crippen MR) is 88.2 cm³/mol. The monoisotopic (exact) mass is 321 g/mol. The molecular weight excluding hydrogens is 306 g/mol. The Labute approximate surface area is 139 Å². The zero-order valence-electron chi connectivity index (χ0n) is 12.8. The standard InChI is InChI=1S/C18H15N3O3/c19-9-14(18(22)21-10-13-4-2-1-3-5-13)11-20-15-6-7-16-17(8-15)24-12-23-16/h1-8,11,20H,10,12H2,(H,21,22). The van der Waals surface area contributed by atoms with Crippen molar-refractivity contribution in [3.8, 4) is 17.6 Å². The molecule has 24 heavy (non-hydrogen) atoms. The van der Waals surface area contributed by atoms with Gasteiger partial charge in [-0.1, -0.05) is 30.3 Å².